The topological polar surface area (TPSA) is 36.4 Å². The minimum Gasteiger partial charge on any atom is -0.364 e. The largest absolute Gasteiger partial charge is 0.364 e. The second-order valence-corrected chi connectivity index (χ2v) is 4.15. The SMILES string of the molecule is c1ccc(C2=NC3CCNCC3N2)cc1. The standard InChI is InChI=1S/C12H15N3/c1-2-4-9(5-3-1)12-14-10-6-7-13-8-11(10)15-12/h1-5,10-11,13H,6-8H2,(H,14,15). The molecule has 3 nitrogen and oxygen atoms in total. The molecule has 2 aliphatic heterocycles. The smallest absolute Gasteiger partial charge is 0.128 e. The number of nitrogens with one attached hydrogen (secondary N) is 2. The molecule has 1 aromatic carbocycles. The minimum atomic E-state index is 0.474. The molecular weight excluding hydrogens is 186 g/mol. The Kier molecular flexibility index (Phi) is 2.18. The Morgan fingerprint density at radius 1 is 1.20 bits per heavy atom. The van der Waals surface area contributed by atoms with Crippen LogP contribution in [-0.4, -0.2) is 31.0 Å². The molecular formula is C12H15N3. The maximum atomic E-state index is 4.75. The number of nitrogens with zero attached hydrogens (tertiary/aromatic N) is 1. The fraction of sp³-hybridized carbons (Fsp3) is 0.417. The summed E-state index contributed by atoms with van der Waals surface area (Å²) in [6, 6.07) is 11.3. The molecule has 1 saturated heterocycles. The molecule has 3 rings (SSSR count). The van der Waals surface area contributed by atoms with Crippen LogP contribution in [0, 0.1) is 0 Å². The number of amidine groups is 1. The Morgan fingerprint density at radius 3 is 2.87 bits per heavy atom. The highest BCUT2D eigenvalue weighted by Crippen LogP contribution is 2.16. The molecule has 0 amide bonds. The second kappa shape index (κ2) is 3.66. The zero-order valence-electron chi connectivity index (χ0n) is 8.61. The van der Waals surface area contributed by atoms with Gasteiger partial charge in [-0.3, -0.25) is 4.99 Å². The number of hydrogen-bond acceptors (Lipinski definition) is 3. The van der Waals surface area contributed by atoms with Crippen molar-refractivity contribution in [1.82, 2.24) is 10.6 Å². The molecule has 1 fully saturated rings. The summed E-state index contributed by atoms with van der Waals surface area (Å²) in [4.78, 5) is 4.75. The van der Waals surface area contributed by atoms with Crippen molar-refractivity contribution in [1.29, 1.82) is 0 Å². The van der Waals surface area contributed by atoms with Gasteiger partial charge in [0.2, 0.25) is 0 Å². The van der Waals surface area contributed by atoms with Crippen molar-refractivity contribution in [2.45, 2.75) is 18.5 Å². The molecule has 2 unspecified atom stereocenters. The Bertz CT molecular complexity index is 372. The predicted molar refractivity (Wildman–Crippen MR) is 61.2 cm³/mol. The van der Waals surface area contributed by atoms with Crippen LogP contribution < -0.4 is 10.6 Å². The van der Waals surface area contributed by atoms with Gasteiger partial charge in [-0.2, -0.15) is 0 Å². The van der Waals surface area contributed by atoms with Crippen molar-refractivity contribution >= 4 is 5.84 Å². The van der Waals surface area contributed by atoms with Crippen molar-refractivity contribution in [2.24, 2.45) is 4.99 Å². The number of fused-ring (bicyclic) bond motifs is 1. The van der Waals surface area contributed by atoms with Gasteiger partial charge in [-0.05, 0) is 13.0 Å². The molecule has 0 bridgehead atoms. The first-order valence-corrected chi connectivity index (χ1v) is 5.54. The Labute approximate surface area is 89.6 Å². The summed E-state index contributed by atoms with van der Waals surface area (Å²) in [6.07, 6.45) is 1.15. The van der Waals surface area contributed by atoms with Crippen LogP contribution in [0.3, 0.4) is 0 Å². The summed E-state index contributed by atoms with van der Waals surface area (Å²) < 4.78 is 0. The highest BCUT2D eigenvalue weighted by Gasteiger charge is 2.30. The molecule has 0 aliphatic carbocycles. The van der Waals surface area contributed by atoms with E-state index in [0.29, 0.717) is 12.1 Å². The van der Waals surface area contributed by atoms with Crippen molar-refractivity contribution in [3.05, 3.63) is 35.9 Å². The van der Waals surface area contributed by atoms with E-state index >= 15 is 0 Å². The maximum absolute atomic E-state index is 4.75. The molecule has 2 heterocycles. The number of aliphatic imine (C=N–C) groups is 1. The molecule has 1 aromatic rings. The van der Waals surface area contributed by atoms with Crippen molar-refractivity contribution in [3.63, 3.8) is 0 Å². The molecule has 0 saturated carbocycles. The predicted octanol–water partition coefficient (Wildman–Crippen LogP) is 0.767. The van der Waals surface area contributed by atoms with Gasteiger partial charge in [0.05, 0.1) is 12.1 Å². The number of benzene rings is 1. The Hall–Kier alpha value is -1.35. The van der Waals surface area contributed by atoms with Gasteiger partial charge in [-0.25, -0.2) is 0 Å². The van der Waals surface area contributed by atoms with E-state index in [1.165, 1.54) is 5.56 Å². The van der Waals surface area contributed by atoms with E-state index in [0.717, 1.165) is 25.3 Å². The van der Waals surface area contributed by atoms with Crippen molar-refractivity contribution in [2.75, 3.05) is 13.1 Å². The monoisotopic (exact) mass is 201 g/mol. The lowest BCUT2D eigenvalue weighted by molar-refractivity contribution is 0.402. The highest BCUT2D eigenvalue weighted by atomic mass is 15.2. The van der Waals surface area contributed by atoms with Gasteiger partial charge in [-0.1, -0.05) is 30.3 Å². The third-order valence-electron chi connectivity index (χ3n) is 3.11. The lowest BCUT2D eigenvalue weighted by atomic mass is 10.0. The van der Waals surface area contributed by atoms with E-state index in [9.17, 15) is 0 Å². The first kappa shape index (κ1) is 8.92. The summed E-state index contributed by atoms with van der Waals surface area (Å²) in [6.45, 7) is 2.12. The van der Waals surface area contributed by atoms with Crippen LogP contribution in [-0.2, 0) is 0 Å². The van der Waals surface area contributed by atoms with E-state index in [1.54, 1.807) is 0 Å². The highest BCUT2D eigenvalue weighted by molar-refractivity contribution is 6.00. The van der Waals surface area contributed by atoms with Gasteiger partial charge in [0.15, 0.2) is 0 Å². The van der Waals surface area contributed by atoms with Crippen LogP contribution >= 0.6 is 0 Å². The number of rotatable bonds is 1. The third-order valence-corrected chi connectivity index (χ3v) is 3.11. The number of hydrogen-bond donors (Lipinski definition) is 2. The first-order chi connectivity index (χ1) is 7.43. The normalized spacial score (nSPS) is 29.2. The van der Waals surface area contributed by atoms with Gasteiger partial charge >= 0.3 is 0 Å². The molecule has 78 valence electrons. The maximum Gasteiger partial charge on any atom is 0.128 e. The summed E-state index contributed by atoms with van der Waals surface area (Å²) in [5, 5.41) is 6.89. The van der Waals surface area contributed by atoms with E-state index in [4.69, 9.17) is 4.99 Å². The van der Waals surface area contributed by atoms with Crippen LogP contribution in [0.25, 0.3) is 0 Å². The van der Waals surface area contributed by atoms with Crippen LogP contribution in [0.15, 0.2) is 35.3 Å². The Morgan fingerprint density at radius 2 is 2.07 bits per heavy atom. The van der Waals surface area contributed by atoms with E-state index in [2.05, 4.69) is 34.9 Å². The van der Waals surface area contributed by atoms with Crippen LogP contribution in [0.2, 0.25) is 0 Å². The second-order valence-electron chi connectivity index (χ2n) is 4.15. The Balaban J connectivity index is 1.84. The summed E-state index contributed by atoms with van der Waals surface area (Å²) in [7, 11) is 0. The van der Waals surface area contributed by atoms with Crippen molar-refractivity contribution in [3.8, 4) is 0 Å². The molecule has 2 aliphatic rings. The molecule has 0 radical (unpaired) electrons. The van der Waals surface area contributed by atoms with Crippen LogP contribution in [0.5, 0.6) is 0 Å². The zero-order valence-corrected chi connectivity index (χ0v) is 8.61. The quantitative estimate of drug-likeness (QED) is 0.704. The van der Waals surface area contributed by atoms with Gasteiger partial charge < -0.3 is 10.6 Å². The van der Waals surface area contributed by atoms with E-state index in [1.807, 2.05) is 6.07 Å². The zero-order chi connectivity index (χ0) is 10.1. The van der Waals surface area contributed by atoms with Crippen LogP contribution in [0.1, 0.15) is 12.0 Å². The third kappa shape index (κ3) is 1.63. The average molecular weight is 201 g/mol. The van der Waals surface area contributed by atoms with Crippen molar-refractivity contribution < 1.29 is 0 Å². The fourth-order valence-electron chi connectivity index (χ4n) is 2.28. The summed E-state index contributed by atoms with van der Waals surface area (Å²) >= 11 is 0. The minimum absolute atomic E-state index is 0.474. The first-order valence-electron chi connectivity index (χ1n) is 5.54. The van der Waals surface area contributed by atoms with Crippen LogP contribution in [0.4, 0.5) is 0 Å². The summed E-state index contributed by atoms with van der Waals surface area (Å²) in [5.74, 6) is 1.06. The number of piperidine rings is 1. The molecule has 3 heteroatoms. The van der Waals surface area contributed by atoms with E-state index in [-0.39, 0.29) is 0 Å². The van der Waals surface area contributed by atoms with Gasteiger partial charge in [-0.15, -0.1) is 0 Å². The molecule has 0 aromatic heterocycles. The fourth-order valence-corrected chi connectivity index (χ4v) is 2.28. The average Bonchev–Trinajstić information content (AvgIpc) is 2.74. The van der Waals surface area contributed by atoms with Gasteiger partial charge in [0, 0.05) is 12.1 Å². The van der Waals surface area contributed by atoms with E-state index < -0.39 is 0 Å². The van der Waals surface area contributed by atoms with Gasteiger partial charge in [0.1, 0.15) is 5.84 Å². The summed E-state index contributed by atoms with van der Waals surface area (Å²) in [5.41, 5.74) is 1.20. The molecule has 2 N–H and O–H groups in total. The molecule has 15 heavy (non-hydrogen) atoms. The lowest BCUT2D eigenvalue weighted by Gasteiger charge is -2.24. The molecule has 0 spiro atoms. The molecule has 2 atom stereocenters. The lowest BCUT2D eigenvalue weighted by Crippen LogP contribution is -2.48. The van der Waals surface area contributed by atoms with Gasteiger partial charge in [0.25, 0.3) is 0 Å².